The molecule has 112 valence electrons. The molecular formula is C18H26Cl2. The van der Waals surface area contributed by atoms with Gasteiger partial charge in [-0.15, -0.1) is 11.6 Å². The molecule has 0 amide bonds. The van der Waals surface area contributed by atoms with Gasteiger partial charge in [0.15, 0.2) is 0 Å². The molecule has 0 nitrogen and oxygen atoms in total. The molecule has 0 saturated heterocycles. The predicted octanol–water partition coefficient (Wildman–Crippen LogP) is 5.98. The zero-order chi connectivity index (χ0) is 14.2. The second-order valence-electron chi connectivity index (χ2n) is 6.41. The van der Waals surface area contributed by atoms with Crippen LogP contribution in [0.4, 0.5) is 0 Å². The standard InChI is InChI=1S/C18H26Cl2/c19-13-11-17-7-3-15(4-8-17)1-2-16-5-9-18(10-6-16)12-14-20/h11,13,15-18H,3-10,12,14H2/b13-11+/t15-,16-,17-,18-. The van der Waals surface area contributed by atoms with E-state index in [0.29, 0.717) is 17.8 Å². The highest BCUT2D eigenvalue weighted by atomic mass is 35.5. The molecule has 0 radical (unpaired) electrons. The van der Waals surface area contributed by atoms with Crippen molar-refractivity contribution < 1.29 is 0 Å². The third-order valence-electron chi connectivity index (χ3n) is 4.97. The normalized spacial score (nSPS) is 34.7. The second-order valence-corrected chi connectivity index (χ2v) is 7.04. The molecule has 2 fully saturated rings. The van der Waals surface area contributed by atoms with Gasteiger partial charge in [-0.05, 0) is 69.6 Å². The third kappa shape index (κ3) is 5.34. The molecule has 2 heteroatoms. The molecule has 2 aliphatic rings. The Kier molecular flexibility index (Phi) is 7.32. The number of alkyl halides is 1. The first-order chi connectivity index (χ1) is 9.81. The maximum absolute atomic E-state index is 5.83. The van der Waals surface area contributed by atoms with Gasteiger partial charge in [0.1, 0.15) is 0 Å². The summed E-state index contributed by atoms with van der Waals surface area (Å²) < 4.78 is 0. The van der Waals surface area contributed by atoms with Crippen LogP contribution in [0, 0.1) is 35.5 Å². The van der Waals surface area contributed by atoms with E-state index < -0.39 is 0 Å². The highest BCUT2D eigenvalue weighted by Crippen LogP contribution is 2.32. The van der Waals surface area contributed by atoms with Crippen molar-refractivity contribution in [3.63, 3.8) is 0 Å². The molecule has 0 aromatic heterocycles. The molecule has 0 aromatic carbocycles. The van der Waals surface area contributed by atoms with Gasteiger partial charge in [0, 0.05) is 23.3 Å². The number of hydrogen-bond donors (Lipinski definition) is 0. The van der Waals surface area contributed by atoms with Crippen molar-refractivity contribution in [2.75, 3.05) is 5.88 Å². The van der Waals surface area contributed by atoms with Gasteiger partial charge in [-0.3, -0.25) is 0 Å². The van der Waals surface area contributed by atoms with Crippen LogP contribution < -0.4 is 0 Å². The van der Waals surface area contributed by atoms with Gasteiger partial charge in [0.2, 0.25) is 0 Å². The topological polar surface area (TPSA) is 0 Å². The Hall–Kier alpha value is -0.120. The van der Waals surface area contributed by atoms with E-state index in [-0.39, 0.29) is 0 Å². The molecule has 0 aliphatic heterocycles. The first kappa shape index (κ1) is 16.3. The van der Waals surface area contributed by atoms with Crippen LogP contribution in [0.2, 0.25) is 0 Å². The molecular weight excluding hydrogens is 287 g/mol. The van der Waals surface area contributed by atoms with Crippen molar-refractivity contribution >= 4 is 23.2 Å². The van der Waals surface area contributed by atoms with Crippen LogP contribution in [-0.4, -0.2) is 5.88 Å². The molecule has 2 saturated carbocycles. The van der Waals surface area contributed by atoms with Gasteiger partial charge >= 0.3 is 0 Å². The molecule has 2 aliphatic carbocycles. The monoisotopic (exact) mass is 312 g/mol. The van der Waals surface area contributed by atoms with Crippen molar-refractivity contribution in [1.29, 1.82) is 0 Å². The summed E-state index contributed by atoms with van der Waals surface area (Å²) in [5.74, 6) is 10.8. The summed E-state index contributed by atoms with van der Waals surface area (Å²) in [5, 5.41) is 0. The fraction of sp³-hybridized carbons (Fsp3) is 0.778. The summed E-state index contributed by atoms with van der Waals surface area (Å²) in [6.07, 6.45) is 13.6. The lowest BCUT2D eigenvalue weighted by molar-refractivity contribution is 0.310. The molecule has 0 atom stereocenters. The minimum atomic E-state index is 0.635. The predicted molar refractivity (Wildman–Crippen MR) is 89.0 cm³/mol. The van der Waals surface area contributed by atoms with Crippen LogP contribution in [-0.2, 0) is 0 Å². The summed E-state index contributed by atoms with van der Waals surface area (Å²) in [7, 11) is 0. The summed E-state index contributed by atoms with van der Waals surface area (Å²) in [4.78, 5) is 0. The molecule has 0 heterocycles. The molecule has 20 heavy (non-hydrogen) atoms. The fourth-order valence-electron chi connectivity index (χ4n) is 3.54. The van der Waals surface area contributed by atoms with Crippen LogP contribution in [0.25, 0.3) is 0 Å². The molecule has 0 aromatic rings. The summed E-state index contributed by atoms with van der Waals surface area (Å²) in [6.45, 7) is 0. The van der Waals surface area contributed by atoms with E-state index in [1.807, 2.05) is 0 Å². The highest BCUT2D eigenvalue weighted by Gasteiger charge is 2.20. The van der Waals surface area contributed by atoms with Crippen molar-refractivity contribution in [2.24, 2.45) is 23.7 Å². The maximum atomic E-state index is 5.83. The molecule has 0 unspecified atom stereocenters. The van der Waals surface area contributed by atoms with Crippen LogP contribution >= 0.6 is 23.2 Å². The Morgan fingerprint density at radius 3 is 1.90 bits per heavy atom. The zero-order valence-electron chi connectivity index (χ0n) is 12.3. The van der Waals surface area contributed by atoms with E-state index in [9.17, 15) is 0 Å². The van der Waals surface area contributed by atoms with Gasteiger partial charge in [0.05, 0.1) is 0 Å². The number of halogens is 2. The average Bonchev–Trinajstić information content (AvgIpc) is 2.49. The summed E-state index contributed by atoms with van der Waals surface area (Å²) in [6, 6.07) is 0. The first-order valence-electron chi connectivity index (χ1n) is 8.15. The van der Waals surface area contributed by atoms with E-state index in [4.69, 9.17) is 23.2 Å². The van der Waals surface area contributed by atoms with Crippen molar-refractivity contribution in [3.05, 3.63) is 11.6 Å². The Balaban J connectivity index is 1.70. The van der Waals surface area contributed by atoms with E-state index in [1.165, 1.54) is 57.8 Å². The van der Waals surface area contributed by atoms with Crippen molar-refractivity contribution in [2.45, 2.75) is 57.8 Å². The van der Waals surface area contributed by atoms with E-state index in [1.54, 1.807) is 5.54 Å². The van der Waals surface area contributed by atoms with Crippen molar-refractivity contribution in [1.82, 2.24) is 0 Å². The zero-order valence-corrected chi connectivity index (χ0v) is 13.8. The van der Waals surface area contributed by atoms with Gasteiger partial charge in [0.25, 0.3) is 0 Å². The van der Waals surface area contributed by atoms with E-state index >= 15 is 0 Å². The quantitative estimate of drug-likeness (QED) is 0.444. The van der Waals surface area contributed by atoms with Gasteiger partial charge in [-0.1, -0.05) is 29.5 Å². The SMILES string of the molecule is Cl/C=C/[C@H]1CC[C@H](C#C[C@H]2CC[C@H](CCCl)CC2)CC1. The lowest BCUT2D eigenvalue weighted by atomic mass is 9.79. The molecule has 2 rings (SSSR count). The van der Waals surface area contributed by atoms with Gasteiger partial charge in [-0.2, -0.15) is 0 Å². The maximum Gasteiger partial charge on any atom is 0.0226 e. The Labute approximate surface area is 134 Å². The highest BCUT2D eigenvalue weighted by molar-refractivity contribution is 6.25. The smallest absolute Gasteiger partial charge is 0.0226 e. The minimum Gasteiger partial charge on any atom is -0.127 e. The minimum absolute atomic E-state index is 0.635. The number of hydrogen-bond acceptors (Lipinski definition) is 0. The Morgan fingerprint density at radius 1 is 0.850 bits per heavy atom. The lowest BCUT2D eigenvalue weighted by Gasteiger charge is -2.26. The third-order valence-corrected chi connectivity index (χ3v) is 5.34. The second kappa shape index (κ2) is 9.01. The molecule has 0 spiro atoms. The first-order valence-corrected chi connectivity index (χ1v) is 9.12. The number of rotatable bonds is 3. The fourth-order valence-corrected chi connectivity index (χ4v) is 4.06. The van der Waals surface area contributed by atoms with Crippen LogP contribution in [0.15, 0.2) is 11.6 Å². The lowest BCUT2D eigenvalue weighted by Crippen LogP contribution is -2.15. The summed E-state index contributed by atoms with van der Waals surface area (Å²) in [5.41, 5.74) is 1.68. The largest absolute Gasteiger partial charge is 0.127 e. The van der Waals surface area contributed by atoms with Crippen LogP contribution in [0.1, 0.15) is 57.8 Å². The van der Waals surface area contributed by atoms with E-state index in [2.05, 4.69) is 17.9 Å². The number of allylic oxidation sites excluding steroid dienone is 1. The van der Waals surface area contributed by atoms with Gasteiger partial charge in [-0.25, -0.2) is 0 Å². The Morgan fingerprint density at radius 2 is 1.40 bits per heavy atom. The van der Waals surface area contributed by atoms with Crippen molar-refractivity contribution in [3.8, 4) is 11.8 Å². The Bertz CT molecular complexity index is 347. The van der Waals surface area contributed by atoms with Crippen LogP contribution in [0.5, 0.6) is 0 Å². The summed E-state index contributed by atoms with van der Waals surface area (Å²) >= 11 is 11.5. The molecule has 0 bridgehead atoms. The average molecular weight is 313 g/mol. The van der Waals surface area contributed by atoms with Crippen LogP contribution in [0.3, 0.4) is 0 Å². The van der Waals surface area contributed by atoms with E-state index in [0.717, 1.165) is 11.8 Å². The molecule has 0 N–H and O–H groups in total. The van der Waals surface area contributed by atoms with Gasteiger partial charge < -0.3 is 0 Å².